The summed E-state index contributed by atoms with van der Waals surface area (Å²) in [4.78, 5) is 22.4. The third kappa shape index (κ3) is 3.07. The number of hydrogen-bond acceptors (Lipinski definition) is 3. The van der Waals surface area contributed by atoms with Crippen LogP contribution < -0.4 is 0 Å². The molecule has 4 aromatic rings. The van der Waals surface area contributed by atoms with Crippen LogP contribution in [-0.4, -0.2) is 15.8 Å². The van der Waals surface area contributed by atoms with Crippen LogP contribution in [0.1, 0.15) is 22.3 Å². The maximum atomic E-state index is 13.9. The van der Waals surface area contributed by atoms with Gasteiger partial charge in [-0.15, -0.1) is 0 Å². The van der Waals surface area contributed by atoms with Crippen molar-refractivity contribution in [3.63, 3.8) is 0 Å². The van der Waals surface area contributed by atoms with Crippen LogP contribution in [0.4, 0.5) is 0 Å². The van der Waals surface area contributed by atoms with Crippen molar-refractivity contribution < 1.29 is 4.79 Å². The molecule has 0 radical (unpaired) electrons. The van der Waals surface area contributed by atoms with Crippen LogP contribution in [0.15, 0.2) is 110 Å². The van der Waals surface area contributed by atoms with E-state index in [1.54, 1.807) is 12.4 Å². The smallest absolute Gasteiger partial charge is 0.195 e. The topological polar surface area (TPSA) is 42.9 Å². The summed E-state index contributed by atoms with van der Waals surface area (Å²) in [7, 11) is 0. The molecule has 0 fully saturated rings. The fourth-order valence-electron chi connectivity index (χ4n) is 3.97. The average molecular weight is 386 g/mol. The lowest BCUT2D eigenvalue weighted by atomic mass is 9.90. The zero-order valence-electron chi connectivity index (χ0n) is 16.2. The Hall–Kier alpha value is -4.11. The molecule has 1 aliphatic rings. The van der Waals surface area contributed by atoms with Crippen molar-refractivity contribution in [2.24, 2.45) is 0 Å². The molecule has 0 spiro atoms. The molecule has 0 atom stereocenters. The van der Waals surface area contributed by atoms with Crippen molar-refractivity contribution in [2.45, 2.75) is 0 Å². The van der Waals surface area contributed by atoms with Crippen LogP contribution in [0.2, 0.25) is 0 Å². The summed E-state index contributed by atoms with van der Waals surface area (Å²) in [6, 6.07) is 29.8. The Balaban J connectivity index is 1.88. The predicted molar refractivity (Wildman–Crippen MR) is 120 cm³/mol. The number of carbonyl (C=O) groups excluding carboxylic acids is 1. The summed E-state index contributed by atoms with van der Waals surface area (Å²) in [5, 5.41) is 0. The lowest BCUT2D eigenvalue weighted by molar-refractivity contribution is -0.108. The number of nitrogens with zero attached hydrogens (tertiary/aromatic N) is 2. The molecule has 142 valence electrons. The number of rotatable bonds is 4. The van der Waals surface area contributed by atoms with Crippen LogP contribution in [0.25, 0.3) is 22.3 Å². The second kappa shape index (κ2) is 7.72. The van der Waals surface area contributed by atoms with Crippen molar-refractivity contribution in [3.8, 4) is 0 Å². The summed E-state index contributed by atoms with van der Waals surface area (Å²) >= 11 is 0. The number of benzene rings is 3. The van der Waals surface area contributed by atoms with E-state index < -0.39 is 0 Å². The Bertz CT molecular complexity index is 1160. The molecule has 0 saturated heterocycles. The second-order valence-corrected chi connectivity index (χ2v) is 7.05. The number of carbonyl (C=O) groups is 1. The third-order valence-corrected chi connectivity index (χ3v) is 5.24. The van der Waals surface area contributed by atoms with Crippen molar-refractivity contribution in [1.82, 2.24) is 9.97 Å². The Morgan fingerprint density at radius 2 is 0.800 bits per heavy atom. The molecule has 3 heteroatoms. The minimum Gasteiger partial charge on any atom is -0.289 e. The SMILES string of the molecule is O=C1C(c2ccccc2)=C(c2ccccc2)C(c2cncnc2)=C1c1ccccc1. The van der Waals surface area contributed by atoms with E-state index in [1.807, 2.05) is 91.0 Å². The molecule has 0 N–H and O–H groups in total. The molecule has 0 saturated carbocycles. The van der Waals surface area contributed by atoms with Crippen molar-refractivity contribution >= 4 is 28.1 Å². The normalized spacial score (nSPS) is 13.8. The highest BCUT2D eigenvalue weighted by atomic mass is 16.1. The van der Waals surface area contributed by atoms with E-state index in [0.717, 1.165) is 33.4 Å². The highest BCUT2D eigenvalue weighted by Gasteiger charge is 2.35. The maximum Gasteiger partial charge on any atom is 0.195 e. The van der Waals surface area contributed by atoms with Gasteiger partial charge in [0.15, 0.2) is 5.78 Å². The second-order valence-electron chi connectivity index (χ2n) is 7.05. The van der Waals surface area contributed by atoms with Crippen molar-refractivity contribution in [1.29, 1.82) is 0 Å². The predicted octanol–water partition coefficient (Wildman–Crippen LogP) is 5.58. The van der Waals surface area contributed by atoms with E-state index in [2.05, 4.69) is 9.97 Å². The standard InChI is InChI=1S/C27H18N2O/c30-27-25(20-12-6-2-7-13-20)23(19-10-4-1-5-11-19)24(22-16-28-18-29-17-22)26(27)21-14-8-3-9-15-21/h1-18H. The summed E-state index contributed by atoms with van der Waals surface area (Å²) in [5.74, 6) is 0.0186. The number of Topliss-reactive ketones (excluding diaryl/α,β-unsaturated/α-hetero) is 1. The lowest BCUT2D eigenvalue weighted by Gasteiger charge is -2.12. The number of allylic oxidation sites excluding steroid dienone is 4. The molecule has 1 aromatic heterocycles. The summed E-state index contributed by atoms with van der Waals surface area (Å²) in [6.07, 6.45) is 5.05. The van der Waals surface area contributed by atoms with Crippen molar-refractivity contribution in [3.05, 3.63) is 132 Å². The molecule has 0 amide bonds. The van der Waals surface area contributed by atoms with Crippen LogP contribution >= 0.6 is 0 Å². The Morgan fingerprint density at radius 1 is 0.433 bits per heavy atom. The van der Waals surface area contributed by atoms with Gasteiger partial charge in [-0.05, 0) is 16.7 Å². The van der Waals surface area contributed by atoms with Gasteiger partial charge in [0.2, 0.25) is 0 Å². The number of aromatic nitrogens is 2. The van der Waals surface area contributed by atoms with Gasteiger partial charge in [0.05, 0.1) is 0 Å². The molecule has 0 aliphatic heterocycles. The molecule has 30 heavy (non-hydrogen) atoms. The highest BCUT2D eigenvalue weighted by molar-refractivity contribution is 6.59. The van der Waals surface area contributed by atoms with E-state index in [9.17, 15) is 4.79 Å². The summed E-state index contributed by atoms with van der Waals surface area (Å²) in [5.41, 5.74) is 6.80. The summed E-state index contributed by atoms with van der Waals surface area (Å²) < 4.78 is 0. The summed E-state index contributed by atoms with van der Waals surface area (Å²) in [6.45, 7) is 0. The van der Waals surface area contributed by atoms with Gasteiger partial charge in [0, 0.05) is 40.2 Å². The maximum absolute atomic E-state index is 13.9. The molecule has 5 rings (SSSR count). The van der Waals surface area contributed by atoms with Gasteiger partial charge in [-0.3, -0.25) is 4.79 Å². The molecule has 1 aliphatic carbocycles. The van der Waals surface area contributed by atoms with E-state index in [0.29, 0.717) is 11.1 Å². The van der Waals surface area contributed by atoms with Gasteiger partial charge in [-0.1, -0.05) is 91.0 Å². The largest absolute Gasteiger partial charge is 0.289 e. The molecule has 3 nitrogen and oxygen atoms in total. The molecule has 3 aromatic carbocycles. The Morgan fingerprint density at radius 3 is 1.23 bits per heavy atom. The van der Waals surface area contributed by atoms with Gasteiger partial charge in [0.25, 0.3) is 0 Å². The average Bonchev–Trinajstić information content (AvgIpc) is 3.14. The molecule has 0 unspecified atom stereocenters. The fourth-order valence-corrected chi connectivity index (χ4v) is 3.97. The first-order chi connectivity index (χ1) is 14.8. The Labute approximate surface area is 175 Å². The van der Waals surface area contributed by atoms with Crippen LogP contribution in [0, 0.1) is 0 Å². The Kier molecular flexibility index (Phi) is 4.62. The van der Waals surface area contributed by atoms with Crippen molar-refractivity contribution in [2.75, 3.05) is 0 Å². The van der Waals surface area contributed by atoms with Gasteiger partial charge in [-0.25, -0.2) is 9.97 Å². The van der Waals surface area contributed by atoms with E-state index >= 15 is 0 Å². The third-order valence-electron chi connectivity index (χ3n) is 5.24. The monoisotopic (exact) mass is 386 g/mol. The highest BCUT2D eigenvalue weighted by Crippen LogP contribution is 2.49. The van der Waals surface area contributed by atoms with E-state index in [4.69, 9.17) is 0 Å². The van der Waals surface area contributed by atoms with Gasteiger partial charge < -0.3 is 0 Å². The van der Waals surface area contributed by atoms with E-state index in [1.165, 1.54) is 6.33 Å². The van der Waals surface area contributed by atoms with Crippen LogP contribution in [-0.2, 0) is 4.79 Å². The van der Waals surface area contributed by atoms with E-state index in [-0.39, 0.29) is 5.78 Å². The first-order valence-corrected chi connectivity index (χ1v) is 9.80. The minimum absolute atomic E-state index is 0.0186. The van der Waals surface area contributed by atoms with Gasteiger partial charge in [0.1, 0.15) is 6.33 Å². The first-order valence-electron chi connectivity index (χ1n) is 9.80. The molecular weight excluding hydrogens is 368 g/mol. The molecule has 0 bridgehead atoms. The molecular formula is C27H18N2O. The number of hydrogen-bond donors (Lipinski definition) is 0. The number of ketones is 1. The fraction of sp³-hybridized carbons (Fsp3) is 0. The first kappa shape index (κ1) is 18.0. The lowest BCUT2D eigenvalue weighted by Crippen LogP contribution is -2.01. The van der Waals surface area contributed by atoms with Crippen LogP contribution in [0.5, 0.6) is 0 Å². The zero-order chi connectivity index (χ0) is 20.3. The van der Waals surface area contributed by atoms with Crippen LogP contribution in [0.3, 0.4) is 0 Å². The zero-order valence-corrected chi connectivity index (χ0v) is 16.2. The molecule has 1 heterocycles. The quantitative estimate of drug-likeness (QED) is 0.460. The van der Waals surface area contributed by atoms with Gasteiger partial charge >= 0.3 is 0 Å². The minimum atomic E-state index is 0.0186. The van der Waals surface area contributed by atoms with Gasteiger partial charge in [-0.2, -0.15) is 0 Å².